The number of amides is 2. The maximum Gasteiger partial charge on any atom is 0.289 e. The summed E-state index contributed by atoms with van der Waals surface area (Å²) in [4.78, 5) is 30.3. The predicted octanol–water partition coefficient (Wildman–Crippen LogP) is 4.78. The molecule has 1 aliphatic carbocycles. The highest BCUT2D eigenvalue weighted by Crippen LogP contribution is 2.34. The number of likely N-dealkylation sites (N-methyl/N-ethyl adjacent to an activating group) is 1. The summed E-state index contributed by atoms with van der Waals surface area (Å²) in [5, 5.41) is 2.99. The maximum atomic E-state index is 13.5. The van der Waals surface area contributed by atoms with Gasteiger partial charge in [0.2, 0.25) is 0 Å². The van der Waals surface area contributed by atoms with E-state index in [1.807, 2.05) is 23.1 Å². The topological polar surface area (TPSA) is 61.9 Å². The van der Waals surface area contributed by atoms with Gasteiger partial charge in [0.05, 0.1) is 6.04 Å². The lowest BCUT2D eigenvalue weighted by Crippen LogP contribution is -2.54. The molecule has 1 aliphatic heterocycles. The number of carbonyl (C=O) groups is 2. The Kier molecular flexibility index (Phi) is 8.81. The lowest BCUT2D eigenvalue weighted by molar-refractivity contribution is -0.149. The van der Waals surface area contributed by atoms with Gasteiger partial charge in [0.25, 0.3) is 11.8 Å². The number of fused-ring (bicyclic) bond motifs is 1. The molecule has 192 valence electrons. The first kappa shape index (κ1) is 26.0. The second-order valence-electron chi connectivity index (χ2n) is 9.84. The average Bonchev–Trinajstić information content (AvgIpc) is 2.90. The lowest BCUT2D eigenvalue weighted by atomic mass is 9.89. The van der Waals surface area contributed by atoms with Crippen molar-refractivity contribution in [3.05, 3.63) is 76.5 Å². The first-order chi connectivity index (χ1) is 17.5. The van der Waals surface area contributed by atoms with Gasteiger partial charge in [-0.05, 0) is 68.6 Å². The van der Waals surface area contributed by atoms with Crippen LogP contribution in [-0.2, 0) is 16.1 Å². The first-order valence-electron chi connectivity index (χ1n) is 13.3. The van der Waals surface area contributed by atoms with E-state index in [1.165, 1.54) is 5.56 Å². The molecule has 2 aliphatic rings. The zero-order valence-electron chi connectivity index (χ0n) is 21.8. The Hall–Kier alpha value is -3.12. The van der Waals surface area contributed by atoms with Gasteiger partial charge in [-0.2, -0.15) is 0 Å². The quantitative estimate of drug-likeness (QED) is 0.515. The SMILES string of the molecule is CCN(CC)CCNC(=O)c1ccc(/C=C2/OC3CCCCC3N(Cc3ccc(C)cc3)C2=O)cc1. The first-order valence-corrected chi connectivity index (χ1v) is 13.3. The molecule has 4 rings (SSSR count). The summed E-state index contributed by atoms with van der Waals surface area (Å²) in [5.41, 5.74) is 3.81. The van der Waals surface area contributed by atoms with Crippen molar-refractivity contribution in [2.45, 2.75) is 65.1 Å². The fourth-order valence-electron chi connectivity index (χ4n) is 5.10. The zero-order valence-corrected chi connectivity index (χ0v) is 21.8. The van der Waals surface area contributed by atoms with Gasteiger partial charge < -0.3 is 19.9 Å². The Morgan fingerprint density at radius 1 is 1.06 bits per heavy atom. The van der Waals surface area contributed by atoms with Crippen LogP contribution in [0.2, 0.25) is 0 Å². The van der Waals surface area contributed by atoms with Crippen LogP contribution in [0.3, 0.4) is 0 Å². The fraction of sp³-hybridized carbons (Fsp3) is 0.467. The summed E-state index contributed by atoms with van der Waals surface area (Å²) in [6.45, 7) is 10.3. The highest BCUT2D eigenvalue weighted by molar-refractivity contribution is 5.97. The summed E-state index contributed by atoms with van der Waals surface area (Å²) in [5.74, 6) is 0.249. The van der Waals surface area contributed by atoms with E-state index < -0.39 is 0 Å². The average molecular weight is 490 g/mol. The van der Waals surface area contributed by atoms with Crippen molar-refractivity contribution < 1.29 is 14.3 Å². The number of benzene rings is 2. The van der Waals surface area contributed by atoms with E-state index in [4.69, 9.17) is 4.74 Å². The highest BCUT2D eigenvalue weighted by atomic mass is 16.5. The normalized spacial score (nSPS) is 20.8. The lowest BCUT2D eigenvalue weighted by Gasteiger charge is -2.44. The number of hydrogen-bond donors (Lipinski definition) is 1. The Bertz CT molecular complexity index is 1060. The third kappa shape index (κ3) is 6.35. The van der Waals surface area contributed by atoms with Crippen LogP contribution in [-0.4, -0.2) is 59.9 Å². The summed E-state index contributed by atoms with van der Waals surface area (Å²) < 4.78 is 6.25. The Morgan fingerprint density at radius 2 is 1.75 bits per heavy atom. The Balaban J connectivity index is 1.45. The van der Waals surface area contributed by atoms with E-state index >= 15 is 0 Å². The Labute approximate surface area is 215 Å². The summed E-state index contributed by atoms with van der Waals surface area (Å²) in [6, 6.07) is 15.9. The van der Waals surface area contributed by atoms with Gasteiger partial charge in [-0.1, -0.05) is 62.2 Å². The van der Waals surface area contributed by atoms with Crippen molar-refractivity contribution in [2.24, 2.45) is 0 Å². The third-order valence-electron chi connectivity index (χ3n) is 7.37. The minimum absolute atomic E-state index is 0.0315. The smallest absolute Gasteiger partial charge is 0.289 e. The minimum atomic E-state index is -0.0827. The molecule has 2 aromatic rings. The van der Waals surface area contributed by atoms with Crippen LogP contribution in [0, 0.1) is 6.92 Å². The van der Waals surface area contributed by atoms with E-state index in [0.29, 0.717) is 24.4 Å². The van der Waals surface area contributed by atoms with E-state index in [0.717, 1.165) is 56.4 Å². The molecule has 0 aromatic heterocycles. The van der Waals surface area contributed by atoms with E-state index in [-0.39, 0.29) is 24.0 Å². The van der Waals surface area contributed by atoms with Gasteiger partial charge in [-0.3, -0.25) is 9.59 Å². The van der Waals surface area contributed by atoms with Crippen LogP contribution in [0.5, 0.6) is 0 Å². The van der Waals surface area contributed by atoms with Crippen molar-refractivity contribution >= 4 is 17.9 Å². The molecule has 6 heteroatoms. The molecule has 1 saturated carbocycles. The number of aryl methyl sites for hydroxylation is 1. The minimum Gasteiger partial charge on any atom is -0.482 e. The van der Waals surface area contributed by atoms with Crippen LogP contribution in [0.4, 0.5) is 0 Å². The van der Waals surface area contributed by atoms with Crippen LogP contribution in [0.25, 0.3) is 6.08 Å². The van der Waals surface area contributed by atoms with Gasteiger partial charge in [0.15, 0.2) is 5.76 Å². The number of carbonyl (C=O) groups excluding carboxylic acids is 2. The number of ether oxygens (including phenoxy) is 1. The van der Waals surface area contributed by atoms with Gasteiger partial charge in [-0.15, -0.1) is 0 Å². The molecular formula is C30H39N3O3. The summed E-state index contributed by atoms with van der Waals surface area (Å²) in [6.07, 6.45) is 6.04. The molecule has 6 nitrogen and oxygen atoms in total. The molecule has 2 atom stereocenters. The van der Waals surface area contributed by atoms with E-state index in [2.05, 4.69) is 55.3 Å². The standard InChI is InChI=1S/C30H39N3O3/c1-4-32(5-2)19-18-31-29(34)25-16-14-23(15-17-25)20-28-30(35)33(21-24-12-10-22(3)11-13-24)26-8-6-7-9-27(26)36-28/h10-17,20,26-27H,4-9,18-19,21H2,1-3H3,(H,31,34)/b28-20+. The highest BCUT2D eigenvalue weighted by Gasteiger charge is 2.41. The van der Waals surface area contributed by atoms with Crippen molar-refractivity contribution in [3.63, 3.8) is 0 Å². The second-order valence-corrected chi connectivity index (χ2v) is 9.84. The molecular weight excluding hydrogens is 450 g/mol. The van der Waals surface area contributed by atoms with Gasteiger partial charge in [0.1, 0.15) is 6.10 Å². The number of nitrogens with one attached hydrogen (secondary N) is 1. The van der Waals surface area contributed by atoms with Crippen LogP contribution >= 0.6 is 0 Å². The molecule has 36 heavy (non-hydrogen) atoms. The molecule has 1 heterocycles. The number of hydrogen-bond acceptors (Lipinski definition) is 4. The van der Waals surface area contributed by atoms with Crippen LogP contribution in [0.1, 0.15) is 66.6 Å². The number of rotatable bonds is 9. The van der Waals surface area contributed by atoms with Gasteiger partial charge in [-0.25, -0.2) is 0 Å². The van der Waals surface area contributed by atoms with Gasteiger partial charge in [0, 0.05) is 25.2 Å². The zero-order chi connectivity index (χ0) is 25.5. The molecule has 2 fully saturated rings. The van der Waals surface area contributed by atoms with Crippen LogP contribution in [0.15, 0.2) is 54.3 Å². The predicted molar refractivity (Wildman–Crippen MR) is 143 cm³/mol. The molecule has 2 unspecified atom stereocenters. The van der Waals surface area contributed by atoms with E-state index in [1.54, 1.807) is 12.1 Å². The van der Waals surface area contributed by atoms with E-state index in [9.17, 15) is 9.59 Å². The molecule has 0 spiro atoms. The van der Waals surface area contributed by atoms with Crippen molar-refractivity contribution in [1.82, 2.24) is 15.1 Å². The van der Waals surface area contributed by atoms with Crippen LogP contribution < -0.4 is 5.32 Å². The fourth-order valence-corrected chi connectivity index (χ4v) is 5.10. The van der Waals surface area contributed by atoms with Crippen molar-refractivity contribution in [2.75, 3.05) is 26.2 Å². The summed E-state index contributed by atoms with van der Waals surface area (Å²) in [7, 11) is 0. The second kappa shape index (κ2) is 12.2. The largest absolute Gasteiger partial charge is 0.482 e. The molecule has 2 aromatic carbocycles. The molecule has 2 amide bonds. The maximum absolute atomic E-state index is 13.5. The molecule has 0 bridgehead atoms. The summed E-state index contributed by atoms with van der Waals surface area (Å²) >= 11 is 0. The molecule has 1 N–H and O–H groups in total. The van der Waals surface area contributed by atoms with Crippen molar-refractivity contribution in [3.8, 4) is 0 Å². The monoisotopic (exact) mass is 489 g/mol. The molecule has 1 saturated heterocycles. The van der Waals surface area contributed by atoms with Gasteiger partial charge >= 0.3 is 0 Å². The number of nitrogens with zero attached hydrogens (tertiary/aromatic N) is 2. The molecule has 0 radical (unpaired) electrons. The Morgan fingerprint density at radius 3 is 2.44 bits per heavy atom. The van der Waals surface area contributed by atoms with Crippen molar-refractivity contribution in [1.29, 1.82) is 0 Å². The number of morpholine rings is 1. The third-order valence-corrected chi connectivity index (χ3v) is 7.37.